The molecule has 1 atom stereocenters. The van der Waals surface area contributed by atoms with E-state index in [0.29, 0.717) is 29.3 Å². The van der Waals surface area contributed by atoms with Crippen molar-refractivity contribution in [3.05, 3.63) is 64.4 Å². The maximum atomic E-state index is 14.2. The molecule has 2 aliphatic rings. The topological polar surface area (TPSA) is 64.1 Å². The van der Waals surface area contributed by atoms with E-state index >= 15 is 0 Å². The van der Waals surface area contributed by atoms with Crippen molar-refractivity contribution in [2.75, 3.05) is 45.2 Å². The fraction of sp³-hybridized carbons (Fsp3) is 0.517. The Bertz CT molecular complexity index is 1230. The Kier molecular flexibility index (Phi) is 8.99. The van der Waals surface area contributed by atoms with Crippen LogP contribution in [0.15, 0.2) is 42.5 Å². The van der Waals surface area contributed by atoms with Crippen LogP contribution >= 0.6 is 11.6 Å². The SMILES string of the molecule is CN(C)C(=O)c1ccc(N2CCC(CC3CCN(C(=O)C(O)(c4ccccc4F)C(F)(F)F)CC3)CC2)cc1Cl. The molecular formula is C29H34ClF4N3O3. The van der Waals surface area contributed by atoms with Crippen molar-refractivity contribution >= 4 is 29.1 Å². The number of aliphatic hydroxyl groups is 1. The summed E-state index contributed by atoms with van der Waals surface area (Å²) in [4.78, 5) is 29.9. The number of hydrogen-bond acceptors (Lipinski definition) is 4. The second kappa shape index (κ2) is 11.9. The molecule has 2 aliphatic heterocycles. The minimum atomic E-state index is -5.37. The molecule has 0 bridgehead atoms. The third-order valence-corrected chi connectivity index (χ3v) is 8.43. The number of nitrogens with zero attached hydrogens (tertiary/aromatic N) is 3. The molecule has 0 radical (unpaired) electrons. The van der Waals surface area contributed by atoms with E-state index in [9.17, 15) is 32.3 Å². The van der Waals surface area contributed by atoms with Gasteiger partial charge < -0.3 is 19.8 Å². The quantitative estimate of drug-likeness (QED) is 0.458. The first-order valence-corrected chi connectivity index (χ1v) is 13.8. The molecule has 1 N–H and O–H groups in total. The summed E-state index contributed by atoms with van der Waals surface area (Å²) in [6.07, 6.45) is -1.54. The van der Waals surface area contributed by atoms with E-state index in [1.54, 1.807) is 20.2 Å². The highest BCUT2D eigenvalue weighted by atomic mass is 35.5. The van der Waals surface area contributed by atoms with E-state index < -0.39 is 29.1 Å². The van der Waals surface area contributed by atoms with E-state index in [2.05, 4.69) is 4.90 Å². The molecular weight excluding hydrogens is 550 g/mol. The Morgan fingerprint density at radius 3 is 2.08 bits per heavy atom. The maximum Gasteiger partial charge on any atom is 0.430 e. The molecule has 6 nitrogen and oxygen atoms in total. The molecule has 40 heavy (non-hydrogen) atoms. The summed E-state index contributed by atoms with van der Waals surface area (Å²) in [6.45, 7) is 1.79. The molecule has 2 aromatic rings. The lowest BCUT2D eigenvalue weighted by Crippen LogP contribution is -2.57. The van der Waals surface area contributed by atoms with Crippen molar-refractivity contribution in [3.8, 4) is 0 Å². The molecule has 1 unspecified atom stereocenters. The summed E-state index contributed by atoms with van der Waals surface area (Å²) in [6, 6.07) is 9.42. The number of carbonyl (C=O) groups is 2. The van der Waals surface area contributed by atoms with Gasteiger partial charge in [-0.25, -0.2) is 4.39 Å². The number of hydrogen-bond donors (Lipinski definition) is 1. The minimum Gasteiger partial charge on any atom is -0.371 e. The van der Waals surface area contributed by atoms with Crippen molar-refractivity contribution in [1.29, 1.82) is 0 Å². The first-order valence-electron chi connectivity index (χ1n) is 13.4. The van der Waals surface area contributed by atoms with Gasteiger partial charge in [0, 0.05) is 51.5 Å². The predicted molar refractivity (Wildman–Crippen MR) is 145 cm³/mol. The van der Waals surface area contributed by atoms with Gasteiger partial charge in [-0.05, 0) is 68.2 Å². The van der Waals surface area contributed by atoms with Crippen LogP contribution in [0, 0.1) is 17.7 Å². The molecule has 0 aromatic heterocycles. The van der Waals surface area contributed by atoms with E-state index in [1.165, 1.54) is 11.0 Å². The molecule has 2 aromatic carbocycles. The molecule has 2 amide bonds. The molecule has 0 saturated carbocycles. The van der Waals surface area contributed by atoms with E-state index in [-0.39, 0.29) is 24.9 Å². The van der Waals surface area contributed by atoms with Gasteiger partial charge in [0.05, 0.1) is 10.6 Å². The number of amides is 2. The third kappa shape index (κ3) is 6.07. The first kappa shape index (κ1) is 30.1. The van der Waals surface area contributed by atoms with Crippen molar-refractivity contribution < 1.29 is 32.3 Å². The second-order valence-electron chi connectivity index (χ2n) is 11.0. The van der Waals surface area contributed by atoms with Gasteiger partial charge in [-0.3, -0.25) is 9.59 Å². The average Bonchev–Trinajstić information content (AvgIpc) is 2.92. The first-order chi connectivity index (χ1) is 18.8. The van der Waals surface area contributed by atoms with Gasteiger partial charge in [0.1, 0.15) is 5.82 Å². The molecule has 4 rings (SSSR count). The van der Waals surface area contributed by atoms with Crippen LogP contribution in [0.5, 0.6) is 0 Å². The van der Waals surface area contributed by atoms with Gasteiger partial charge in [0.25, 0.3) is 17.4 Å². The van der Waals surface area contributed by atoms with Crippen LogP contribution in [0.2, 0.25) is 5.02 Å². The summed E-state index contributed by atoms with van der Waals surface area (Å²) < 4.78 is 56.0. The molecule has 218 valence electrons. The number of halogens is 5. The highest BCUT2D eigenvalue weighted by Crippen LogP contribution is 2.42. The largest absolute Gasteiger partial charge is 0.430 e. The standard InChI is InChI=1S/C29H34ClF4N3O3/c1-35(2)26(38)22-8-7-21(18-24(22)30)36-13-9-19(10-14-36)17-20-11-15-37(16-12-20)27(39)28(40,29(32,33)34)23-5-3-4-6-25(23)31/h3-8,18-20,40H,9-17H2,1-2H3. The Morgan fingerprint density at radius 2 is 1.55 bits per heavy atom. The summed E-state index contributed by atoms with van der Waals surface area (Å²) in [5, 5.41) is 11.0. The zero-order valence-corrected chi connectivity index (χ0v) is 23.3. The van der Waals surface area contributed by atoms with Crippen molar-refractivity contribution in [2.45, 2.75) is 43.9 Å². The lowest BCUT2D eigenvalue weighted by Gasteiger charge is -2.40. The molecule has 2 fully saturated rings. The van der Waals surface area contributed by atoms with Crippen molar-refractivity contribution in [3.63, 3.8) is 0 Å². The zero-order chi connectivity index (χ0) is 29.2. The summed E-state index contributed by atoms with van der Waals surface area (Å²) in [5.74, 6) is -2.28. The van der Waals surface area contributed by atoms with E-state index in [1.807, 2.05) is 12.1 Å². The molecule has 0 aliphatic carbocycles. The van der Waals surface area contributed by atoms with Gasteiger partial charge >= 0.3 is 6.18 Å². The Balaban J connectivity index is 1.31. The van der Waals surface area contributed by atoms with Gasteiger partial charge in [0.15, 0.2) is 0 Å². The van der Waals surface area contributed by atoms with Crippen LogP contribution in [0.3, 0.4) is 0 Å². The number of anilines is 1. The van der Waals surface area contributed by atoms with Crippen molar-refractivity contribution in [2.24, 2.45) is 11.8 Å². The third-order valence-electron chi connectivity index (χ3n) is 8.12. The van der Waals surface area contributed by atoms with Crippen LogP contribution in [0.25, 0.3) is 0 Å². The number of likely N-dealkylation sites (tertiary alicyclic amines) is 1. The van der Waals surface area contributed by atoms with Crippen LogP contribution in [-0.2, 0) is 10.4 Å². The summed E-state index contributed by atoms with van der Waals surface area (Å²) in [7, 11) is 3.35. The van der Waals surface area contributed by atoms with Gasteiger partial charge in [-0.15, -0.1) is 0 Å². The Hall–Kier alpha value is -2.85. The van der Waals surface area contributed by atoms with Crippen LogP contribution in [0.4, 0.5) is 23.2 Å². The molecule has 2 heterocycles. The number of alkyl halides is 3. The number of rotatable bonds is 6. The molecule has 2 saturated heterocycles. The monoisotopic (exact) mass is 583 g/mol. The van der Waals surface area contributed by atoms with Crippen molar-refractivity contribution in [1.82, 2.24) is 9.80 Å². The normalized spacial score (nSPS) is 18.9. The number of piperidine rings is 2. The predicted octanol–water partition coefficient (Wildman–Crippen LogP) is 5.48. The van der Waals surface area contributed by atoms with E-state index in [0.717, 1.165) is 61.1 Å². The zero-order valence-electron chi connectivity index (χ0n) is 22.6. The number of benzene rings is 2. The highest BCUT2D eigenvalue weighted by Gasteiger charge is 2.63. The van der Waals surface area contributed by atoms with Gasteiger partial charge in [-0.1, -0.05) is 29.8 Å². The summed E-state index contributed by atoms with van der Waals surface area (Å²) >= 11 is 6.38. The van der Waals surface area contributed by atoms with Crippen LogP contribution < -0.4 is 4.90 Å². The minimum absolute atomic E-state index is 0.0751. The van der Waals surface area contributed by atoms with E-state index in [4.69, 9.17) is 11.6 Å². The van der Waals surface area contributed by atoms with Crippen LogP contribution in [0.1, 0.15) is 48.0 Å². The fourth-order valence-electron chi connectivity index (χ4n) is 5.76. The average molecular weight is 584 g/mol. The van der Waals surface area contributed by atoms with Gasteiger partial charge in [-0.2, -0.15) is 13.2 Å². The second-order valence-corrected chi connectivity index (χ2v) is 11.4. The van der Waals surface area contributed by atoms with Gasteiger partial charge in [0.2, 0.25) is 0 Å². The highest BCUT2D eigenvalue weighted by molar-refractivity contribution is 6.34. The molecule has 0 spiro atoms. The maximum absolute atomic E-state index is 14.2. The molecule has 11 heteroatoms. The Labute approximate surface area is 236 Å². The van der Waals surface area contributed by atoms with Crippen LogP contribution in [-0.4, -0.2) is 73.2 Å². The smallest absolute Gasteiger partial charge is 0.371 e. The fourth-order valence-corrected chi connectivity index (χ4v) is 6.01. The Morgan fingerprint density at radius 1 is 0.975 bits per heavy atom. The lowest BCUT2D eigenvalue weighted by molar-refractivity contribution is -0.263. The number of carbonyl (C=O) groups excluding carboxylic acids is 2. The lowest BCUT2D eigenvalue weighted by atomic mass is 9.82. The summed E-state index contributed by atoms with van der Waals surface area (Å²) in [5.41, 5.74) is -3.60.